The largest absolute Gasteiger partial charge is 0.465 e. The Kier molecular flexibility index (Phi) is 9.00. The maximum absolute atomic E-state index is 13.6. The minimum Gasteiger partial charge on any atom is -0.465 e. The second kappa shape index (κ2) is 11.8. The van der Waals surface area contributed by atoms with Crippen molar-refractivity contribution >= 4 is 33.7 Å². The molecule has 1 amide bonds. The first kappa shape index (κ1) is 28.9. The van der Waals surface area contributed by atoms with E-state index in [1.165, 1.54) is 42.5 Å². The Labute approximate surface area is 222 Å². The number of rotatable bonds is 6. The van der Waals surface area contributed by atoms with Crippen molar-refractivity contribution in [2.24, 2.45) is 0 Å². The number of hydrogen-bond acceptors (Lipinski definition) is 9. The lowest BCUT2D eigenvalue weighted by Crippen LogP contribution is -2.47. The second-order valence-electron chi connectivity index (χ2n) is 9.65. The van der Waals surface area contributed by atoms with Crippen molar-refractivity contribution in [3.63, 3.8) is 0 Å². The van der Waals surface area contributed by atoms with Gasteiger partial charge in [0.25, 0.3) is 0 Å². The third-order valence-corrected chi connectivity index (χ3v) is 7.34. The highest BCUT2D eigenvalue weighted by atomic mass is 32.2. The number of amides is 1. The average Bonchev–Trinajstić information content (AvgIpc) is 3.10. The van der Waals surface area contributed by atoms with Gasteiger partial charge in [0.1, 0.15) is 16.2 Å². The van der Waals surface area contributed by atoms with Crippen molar-refractivity contribution in [1.82, 2.24) is 9.62 Å². The molecule has 1 saturated heterocycles. The molecule has 0 aliphatic carbocycles. The quantitative estimate of drug-likeness (QED) is 0.422. The fourth-order valence-electron chi connectivity index (χ4n) is 4.02. The number of carbonyl (C=O) groups is 3. The van der Waals surface area contributed by atoms with E-state index in [-0.39, 0.29) is 21.9 Å². The molecule has 11 nitrogen and oxygen atoms in total. The van der Waals surface area contributed by atoms with Crippen LogP contribution in [0.1, 0.15) is 33.6 Å². The Morgan fingerprint density at radius 1 is 0.974 bits per heavy atom. The highest BCUT2D eigenvalue weighted by Gasteiger charge is 2.33. The van der Waals surface area contributed by atoms with Crippen LogP contribution < -0.4 is 9.62 Å². The molecule has 12 heteroatoms. The normalized spacial score (nSPS) is 16.8. The van der Waals surface area contributed by atoms with Gasteiger partial charge in [0.15, 0.2) is 0 Å². The van der Waals surface area contributed by atoms with Gasteiger partial charge in [-0.05, 0) is 57.9 Å². The average molecular weight is 548 g/mol. The first-order valence-electron chi connectivity index (χ1n) is 12.0. The lowest BCUT2D eigenvalue weighted by atomic mass is 10.1. The van der Waals surface area contributed by atoms with E-state index in [2.05, 4.69) is 4.72 Å². The highest BCUT2D eigenvalue weighted by Crippen LogP contribution is 2.32. The molecule has 38 heavy (non-hydrogen) atoms. The van der Waals surface area contributed by atoms with E-state index >= 15 is 0 Å². The number of piperidine rings is 1. The van der Waals surface area contributed by atoms with Crippen molar-refractivity contribution in [3.8, 4) is 0 Å². The van der Waals surface area contributed by atoms with Gasteiger partial charge in [-0.2, -0.15) is 0 Å². The lowest BCUT2D eigenvalue weighted by Gasteiger charge is -2.33. The van der Waals surface area contributed by atoms with Gasteiger partial charge in [-0.25, -0.2) is 27.5 Å². The Balaban J connectivity index is 1.89. The molecule has 0 spiro atoms. The summed E-state index contributed by atoms with van der Waals surface area (Å²) < 4.78 is 45.0. The third kappa shape index (κ3) is 6.81. The van der Waals surface area contributed by atoms with Crippen molar-refractivity contribution in [2.75, 3.05) is 32.2 Å². The first-order chi connectivity index (χ1) is 17.9. The Morgan fingerprint density at radius 3 is 2.21 bits per heavy atom. The number of ether oxygens (including phenoxy) is 3. The van der Waals surface area contributed by atoms with Crippen LogP contribution in [0.15, 0.2) is 64.9 Å². The summed E-state index contributed by atoms with van der Waals surface area (Å²) in [5.41, 5.74) is -0.786. The predicted octanol–water partition coefficient (Wildman–Crippen LogP) is 2.85. The number of anilines is 1. The van der Waals surface area contributed by atoms with E-state index in [9.17, 15) is 22.8 Å². The second-order valence-corrected chi connectivity index (χ2v) is 11.3. The Hall–Kier alpha value is -3.64. The topological polar surface area (TPSA) is 132 Å². The van der Waals surface area contributed by atoms with Crippen LogP contribution in [0.25, 0.3) is 0 Å². The predicted molar refractivity (Wildman–Crippen MR) is 139 cm³/mol. The van der Waals surface area contributed by atoms with E-state index < -0.39 is 39.7 Å². The van der Waals surface area contributed by atoms with Crippen LogP contribution in [-0.2, 0) is 33.8 Å². The summed E-state index contributed by atoms with van der Waals surface area (Å²) in [6.07, 6.45) is 6.30. The lowest BCUT2D eigenvalue weighted by molar-refractivity contribution is -0.139. The Bertz CT molecular complexity index is 1270. The number of nitrogens with one attached hydrogen (secondary N) is 1. The van der Waals surface area contributed by atoms with E-state index in [1.807, 2.05) is 0 Å². The summed E-state index contributed by atoms with van der Waals surface area (Å²) in [7, 11) is -1.75. The highest BCUT2D eigenvalue weighted by molar-refractivity contribution is 7.89. The summed E-state index contributed by atoms with van der Waals surface area (Å²) in [5, 5.41) is 0. The summed E-state index contributed by atoms with van der Waals surface area (Å²) in [6, 6.07) is 5.69. The van der Waals surface area contributed by atoms with Gasteiger partial charge in [0.05, 0.1) is 25.5 Å². The standard InChI is InChI=1S/C26H33N3O8S/c1-26(2,3)37-25(32)28-16-13-18(14-17-28)27-38(33,34)21-12-7-6-11-20(21)29-15-9-8-10-19(23(30)35-4)22(29)24(31)36-5/h6-12,15,18,27H,13-14,16-17H2,1-5H3. The summed E-state index contributed by atoms with van der Waals surface area (Å²) in [5.74, 6) is -1.64. The number of methoxy groups -OCH3 is 2. The van der Waals surface area contributed by atoms with Crippen LogP contribution in [-0.4, -0.2) is 70.3 Å². The number of nitrogens with zero attached hydrogens (tertiary/aromatic N) is 2. The molecule has 0 saturated carbocycles. The zero-order chi connectivity index (χ0) is 28.1. The molecule has 0 atom stereocenters. The summed E-state index contributed by atoms with van der Waals surface area (Å²) in [4.78, 5) is 40.3. The number of allylic oxidation sites excluding steroid dienone is 2. The smallest absolute Gasteiger partial charge is 0.410 e. The molecule has 0 aromatic heterocycles. The fourth-order valence-corrected chi connectivity index (χ4v) is 5.52. The molecule has 1 aromatic carbocycles. The van der Waals surface area contributed by atoms with Crippen molar-refractivity contribution in [1.29, 1.82) is 0 Å². The van der Waals surface area contributed by atoms with Gasteiger partial charge in [-0.15, -0.1) is 0 Å². The van der Waals surface area contributed by atoms with Crippen LogP contribution in [0.2, 0.25) is 0 Å². The molecule has 0 unspecified atom stereocenters. The maximum atomic E-state index is 13.6. The van der Waals surface area contributed by atoms with Gasteiger partial charge in [-0.1, -0.05) is 18.2 Å². The van der Waals surface area contributed by atoms with Gasteiger partial charge < -0.3 is 24.0 Å². The third-order valence-electron chi connectivity index (χ3n) is 5.77. The van der Waals surface area contributed by atoms with E-state index in [4.69, 9.17) is 14.2 Å². The SMILES string of the molecule is COC(=O)C1=C(C(=O)OC)N(c2ccccc2S(=O)(=O)NC2CCN(C(=O)OC(C)(C)C)CC2)C=CC=C1. The van der Waals surface area contributed by atoms with Crippen molar-refractivity contribution < 1.29 is 37.0 Å². The van der Waals surface area contributed by atoms with Crippen molar-refractivity contribution in [3.05, 3.63) is 60.0 Å². The van der Waals surface area contributed by atoms with Gasteiger partial charge in [0.2, 0.25) is 10.0 Å². The number of likely N-dealkylation sites (tertiary alicyclic amines) is 1. The van der Waals surface area contributed by atoms with E-state index in [0.29, 0.717) is 25.9 Å². The summed E-state index contributed by atoms with van der Waals surface area (Å²) in [6.45, 7) is 6.03. The van der Waals surface area contributed by atoms with Crippen LogP contribution in [0.3, 0.4) is 0 Å². The molecule has 0 radical (unpaired) electrons. The molecular formula is C26H33N3O8S. The van der Waals surface area contributed by atoms with Crippen molar-refractivity contribution in [2.45, 2.75) is 50.2 Å². The summed E-state index contributed by atoms with van der Waals surface area (Å²) >= 11 is 0. The van der Waals surface area contributed by atoms with Gasteiger partial charge in [0, 0.05) is 25.3 Å². The molecule has 1 N–H and O–H groups in total. The maximum Gasteiger partial charge on any atom is 0.410 e. The number of esters is 2. The van der Waals surface area contributed by atoms with Crippen LogP contribution in [0.4, 0.5) is 10.5 Å². The molecule has 2 aliphatic heterocycles. The minimum absolute atomic E-state index is 0.0981. The zero-order valence-corrected chi connectivity index (χ0v) is 22.9. The number of para-hydroxylation sites is 1. The number of hydrogen-bond donors (Lipinski definition) is 1. The molecule has 2 heterocycles. The Morgan fingerprint density at radius 2 is 1.61 bits per heavy atom. The van der Waals surface area contributed by atoms with Crippen LogP contribution in [0, 0.1) is 0 Å². The van der Waals surface area contributed by atoms with Crippen LogP contribution >= 0.6 is 0 Å². The molecule has 206 valence electrons. The van der Waals surface area contributed by atoms with E-state index in [1.54, 1.807) is 43.9 Å². The minimum atomic E-state index is -4.09. The molecule has 1 aromatic rings. The first-order valence-corrected chi connectivity index (χ1v) is 13.5. The molecule has 1 fully saturated rings. The van der Waals surface area contributed by atoms with Crippen LogP contribution in [0.5, 0.6) is 0 Å². The monoisotopic (exact) mass is 547 g/mol. The molecule has 3 rings (SSSR count). The zero-order valence-electron chi connectivity index (χ0n) is 22.1. The molecule has 0 bridgehead atoms. The molecular weight excluding hydrogens is 514 g/mol. The fraction of sp³-hybridized carbons (Fsp3) is 0.423. The molecule has 2 aliphatic rings. The number of sulfonamides is 1. The van der Waals surface area contributed by atoms with Gasteiger partial charge >= 0.3 is 18.0 Å². The number of benzene rings is 1. The van der Waals surface area contributed by atoms with E-state index in [0.717, 1.165) is 7.11 Å². The van der Waals surface area contributed by atoms with Gasteiger partial charge in [-0.3, -0.25) is 0 Å². The number of carbonyl (C=O) groups excluding carboxylic acids is 3.